The zero-order chi connectivity index (χ0) is 14.7. The number of benzene rings is 1. The van der Waals surface area contributed by atoms with E-state index in [0.29, 0.717) is 24.0 Å². The summed E-state index contributed by atoms with van der Waals surface area (Å²) in [5.74, 6) is 0. The fourth-order valence-electron chi connectivity index (χ4n) is 2.49. The van der Waals surface area contributed by atoms with Crippen molar-refractivity contribution >= 4 is 11.6 Å². The predicted octanol–water partition coefficient (Wildman–Crippen LogP) is 3.10. The zero-order valence-corrected chi connectivity index (χ0v) is 12.4. The number of nitriles is 1. The summed E-state index contributed by atoms with van der Waals surface area (Å²) in [6.07, 6.45) is 6.34. The molecule has 1 aromatic heterocycles. The van der Waals surface area contributed by atoms with Crippen LogP contribution in [-0.2, 0) is 12.1 Å². The predicted molar refractivity (Wildman–Crippen MR) is 81.7 cm³/mol. The molecule has 1 aliphatic carbocycles. The van der Waals surface area contributed by atoms with Crippen LogP contribution in [0.15, 0.2) is 42.7 Å². The van der Waals surface area contributed by atoms with Crippen LogP contribution in [0.1, 0.15) is 24.8 Å². The molecule has 0 aliphatic heterocycles. The maximum absolute atomic E-state index is 9.82. The third-order valence-corrected chi connectivity index (χ3v) is 4.00. The normalized spacial score (nSPS) is 17.1. The molecule has 0 radical (unpaired) electrons. The Hall–Kier alpha value is -1.83. The van der Waals surface area contributed by atoms with E-state index >= 15 is 0 Å². The first-order valence-corrected chi connectivity index (χ1v) is 7.52. The van der Waals surface area contributed by atoms with E-state index in [-0.39, 0.29) is 0 Å². The van der Waals surface area contributed by atoms with Crippen LogP contribution in [-0.4, -0.2) is 15.8 Å². The fourth-order valence-corrected chi connectivity index (χ4v) is 2.65. The Morgan fingerprint density at radius 3 is 2.71 bits per heavy atom. The van der Waals surface area contributed by atoms with Gasteiger partial charge in [0.05, 0.1) is 17.3 Å². The molecule has 1 unspecified atom stereocenters. The highest BCUT2D eigenvalue weighted by molar-refractivity contribution is 6.30. The Bertz CT molecular complexity index is 642. The molecule has 2 aromatic rings. The molecule has 1 fully saturated rings. The summed E-state index contributed by atoms with van der Waals surface area (Å²) < 4.78 is 1.78. The van der Waals surface area contributed by atoms with Crippen molar-refractivity contribution in [3.05, 3.63) is 53.3 Å². The molecule has 0 amide bonds. The second-order valence-corrected chi connectivity index (χ2v) is 5.91. The van der Waals surface area contributed by atoms with Crippen LogP contribution in [0.3, 0.4) is 0 Å². The molecule has 0 bridgehead atoms. The summed E-state index contributed by atoms with van der Waals surface area (Å²) >= 11 is 5.89. The second-order valence-electron chi connectivity index (χ2n) is 5.47. The van der Waals surface area contributed by atoms with Crippen LogP contribution in [0.4, 0.5) is 0 Å². The molecule has 3 rings (SSSR count). The maximum atomic E-state index is 9.82. The smallest absolute Gasteiger partial charge is 0.134 e. The Kier molecular flexibility index (Phi) is 3.96. The first-order valence-electron chi connectivity index (χ1n) is 7.14. The van der Waals surface area contributed by atoms with E-state index in [2.05, 4.69) is 16.5 Å². The van der Waals surface area contributed by atoms with Crippen LogP contribution >= 0.6 is 11.6 Å². The molecule has 5 heteroatoms. The standard InChI is InChI=1S/C16H17ClN4/c17-14-10-19-21(11-14)9-8-16(12-18,20-15-6-7-15)13-4-2-1-3-5-13/h1-5,10-11,15,20H,6-9H2. The minimum Gasteiger partial charge on any atom is -0.293 e. The van der Waals surface area contributed by atoms with Gasteiger partial charge in [0.2, 0.25) is 0 Å². The number of aromatic nitrogens is 2. The summed E-state index contributed by atoms with van der Waals surface area (Å²) in [6.45, 7) is 0.648. The third kappa shape index (κ3) is 3.26. The minimum absolute atomic E-state index is 0.450. The first-order chi connectivity index (χ1) is 10.2. The van der Waals surface area contributed by atoms with Crippen molar-refractivity contribution in [2.75, 3.05) is 0 Å². The van der Waals surface area contributed by atoms with Gasteiger partial charge in [0, 0.05) is 25.2 Å². The van der Waals surface area contributed by atoms with Crippen molar-refractivity contribution in [2.24, 2.45) is 0 Å². The number of aryl methyl sites for hydroxylation is 1. The van der Waals surface area contributed by atoms with Gasteiger partial charge in [-0.1, -0.05) is 41.9 Å². The van der Waals surface area contributed by atoms with E-state index in [1.54, 1.807) is 17.1 Å². The van der Waals surface area contributed by atoms with Crippen molar-refractivity contribution in [3.63, 3.8) is 0 Å². The second kappa shape index (κ2) is 5.88. The van der Waals surface area contributed by atoms with E-state index in [1.807, 2.05) is 30.3 Å². The quantitative estimate of drug-likeness (QED) is 0.892. The zero-order valence-electron chi connectivity index (χ0n) is 11.7. The van der Waals surface area contributed by atoms with Crippen LogP contribution in [0.25, 0.3) is 0 Å². The van der Waals surface area contributed by atoms with Gasteiger partial charge >= 0.3 is 0 Å². The molecule has 1 aliphatic rings. The Balaban J connectivity index is 1.82. The average Bonchev–Trinajstić information content (AvgIpc) is 3.24. The number of nitrogens with one attached hydrogen (secondary N) is 1. The van der Waals surface area contributed by atoms with E-state index in [0.717, 1.165) is 18.4 Å². The van der Waals surface area contributed by atoms with E-state index in [9.17, 15) is 5.26 Å². The van der Waals surface area contributed by atoms with Gasteiger partial charge in [0.1, 0.15) is 5.54 Å². The summed E-state index contributed by atoms with van der Waals surface area (Å²) in [6, 6.07) is 12.9. The van der Waals surface area contributed by atoms with Crippen LogP contribution < -0.4 is 5.32 Å². The number of hydrogen-bond acceptors (Lipinski definition) is 3. The van der Waals surface area contributed by atoms with Crippen LogP contribution in [0, 0.1) is 11.3 Å². The monoisotopic (exact) mass is 300 g/mol. The van der Waals surface area contributed by atoms with E-state index in [1.165, 1.54) is 0 Å². The number of halogens is 1. The van der Waals surface area contributed by atoms with Crippen molar-refractivity contribution < 1.29 is 0 Å². The molecule has 0 spiro atoms. The summed E-state index contributed by atoms with van der Waals surface area (Å²) in [7, 11) is 0. The molecular formula is C16H17ClN4. The van der Waals surface area contributed by atoms with Gasteiger partial charge in [-0.25, -0.2) is 0 Å². The molecule has 4 nitrogen and oxygen atoms in total. The van der Waals surface area contributed by atoms with Gasteiger partial charge < -0.3 is 0 Å². The van der Waals surface area contributed by atoms with Gasteiger partial charge in [-0.05, 0) is 18.4 Å². The Morgan fingerprint density at radius 2 is 2.14 bits per heavy atom. The van der Waals surface area contributed by atoms with Gasteiger partial charge in [-0.3, -0.25) is 10.00 Å². The highest BCUT2D eigenvalue weighted by atomic mass is 35.5. The highest BCUT2D eigenvalue weighted by Gasteiger charge is 2.37. The first kappa shape index (κ1) is 14.1. The van der Waals surface area contributed by atoms with Crippen LogP contribution in [0.2, 0.25) is 5.02 Å². The molecule has 1 saturated carbocycles. The van der Waals surface area contributed by atoms with E-state index < -0.39 is 5.54 Å². The highest BCUT2D eigenvalue weighted by Crippen LogP contribution is 2.31. The molecule has 1 N–H and O–H groups in total. The Labute approximate surface area is 129 Å². The largest absolute Gasteiger partial charge is 0.293 e. The third-order valence-electron chi connectivity index (χ3n) is 3.80. The van der Waals surface area contributed by atoms with Crippen molar-refractivity contribution in [2.45, 2.75) is 37.4 Å². The van der Waals surface area contributed by atoms with Gasteiger partial charge in [0.15, 0.2) is 0 Å². The molecule has 1 aromatic carbocycles. The molecular weight excluding hydrogens is 284 g/mol. The number of hydrogen-bond donors (Lipinski definition) is 1. The maximum Gasteiger partial charge on any atom is 0.134 e. The van der Waals surface area contributed by atoms with Crippen molar-refractivity contribution in [3.8, 4) is 6.07 Å². The lowest BCUT2D eigenvalue weighted by Gasteiger charge is -2.28. The molecule has 0 saturated heterocycles. The Morgan fingerprint density at radius 1 is 1.38 bits per heavy atom. The minimum atomic E-state index is -0.666. The summed E-state index contributed by atoms with van der Waals surface area (Å²) in [4.78, 5) is 0. The average molecular weight is 301 g/mol. The van der Waals surface area contributed by atoms with E-state index in [4.69, 9.17) is 11.6 Å². The lowest BCUT2D eigenvalue weighted by Crippen LogP contribution is -2.43. The van der Waals surface area contributed by atoms with Gasteiger partial charge in [-0.15, -0.1) is 0 Å². The topological polar surface area (TPSA) is 53.6 Å². The molecule has 108 valence electrons. The number of rotatable bonds is 6. The fraction of sp³-hybridized carbons (Fsp3) is 0.375. The molecule has 1 heterocycles. The van der Waals surface area contributed by atoms with Crippen LogP contribution in [0.5, 0.6) is 0 Å². The SMILES string of the molecule is N#CC(CCn1cc(Cl)cn1)(NC1CC1)c1ccccc1. The lowest BCUT2D eigenvalue weighted by atomic mass is 9.87. The lowest BCUT2D eigenvalue weighted by molar-refractivity contribution is 0.361. The molecule has 21 heavy (non-hydrogen) atoms. The van der Waals surface area contributed by atoms with Gasteiger partial charge in [0.25, 0.3) is 0 Å². The summed E-state index contributed by atoms with van der Waals surface area (Å²) in [5.41, 5.74) is 0.346. The molecule has 1 atom stereocenters. The summed E-state index contributed by atoms with van der Waals surface area (Å²) in [5, 5.41) is 18.1. The van der Waals surface area contributed by atoms with Crippen molar-refractivity contribution in [1.29, 1.82) is 5.26 Å². The van der Waals surface area contributed by atoms with Crippen molar-refractivity contribution in [1.82, 2.24) is 15.1 Å². The van der Waals surface area contributed by atoms with Gasteiger partial charge in [-0.2, -0.15) is 10.4 Å². The number of nitrogens with zero attached hydrogens (tertiary/aromatic N) is 3.